The maximum absolute atomic E-state index is 9.06. The number of nitrogens with zero attached hydrogens (tertiary/aromatic N) is 2. The predicted octanol–water partition coefficient (Wildman–Crippen LogP) is 3.41. The fraction of sp³-hybridized carbons (Fsp3) is 0.133. The van der Waals surface area contributed by atoms with Gasteiger partial charge in [0.15, 0.2) is 0 Å². The summed E-state index contributed by atoms with van der Waals surface area (Å²) in [6, 6.07) is 18.3. The maximum atomic E-state index is 9.06. The van der Waals surface area contributed by atoms with E-state index in [0.29, 0.717) is 0 Å². The van der Waals surface area contributed by atoms with Crippen molar-refractivity contribution in [2.75, 3.05) is 11.4 Å². The number of para-hydroxylation sites is 2. The molecule has 1 aliphatic heterocycles. The van der Waals surface area contributed by atoms with E-state index in [2.05, 4.69) is 28.3 Å². The minimum absolute atomic E-state index is 0.752. The average molecular weight is 238 g/mol. The van der Waals surface area contributed by atoms with Crippen LogP contribution in [0.15, 0.2) is 59.8 Å². The summed E-state index contributed by atoms with van der Waals surface area (Å²) in [5, 5.41) is 12.5. The van der Waals surface area contributed by atoms with Crippen molar-refractivity contribution in [2.24, 2.45) is 5.16 Å². The monoisotopic (exact) mass is 238 g/mol. The maximum Gasteiger partial charge on any atom is 0.0906 e. The van der Waals surface area contributed by atoms with E-state index in [-0.39, 0.29) is 0 Å². The van der Waals surface area contributed by atoms with E-state index in [0.717, 1.165) is 29.9 Å². The molecule has 0 radical (unpaired) electrons. The molecule has 0 unspecified atom stereocenters. The third-order valence-corrected chi connectivity index (χ3v) is 3.27. The van der Waals surface area contributed by atoms with Crippen LogP contribution < -0.4 is 4.90 Å². The Morgan fingerprint density at radius 1 is 0.944 bits per heavy atom. The molecule has 3 nitrogen and oxygen atoms in total. The summed E-state index contributed by atoms with van der Waals surface area (Å²) in [5.41, 5.74) is 4.04. The standard InChI is InChI=1S/C15H14N2O/c18-16-14-10-11-17(12-6-2-1-3-7-12)15-9-5-4-8-13(14)15/h1-9,18H,10-11H2. The molecule has 2 aromatic carbocycles. The smallest absolute Gasteiger partial charge is 0.0906 e. The van der Waals surface area contributed by atoms with E-state index in [1.807, 2.05) is 36.4 Å². The quantitative estimate of drug-likeness (QED) is 0.610. The third-order valence-electron chi connectivity index (χ3n) is 3.27. The fourth-order valence-corrected chi connectivity index (χ4v) is 2.41. The van der Waals surface area contributed by atoms with E-state index in [9.17, 15) is 0 Å². The fourth-order valence-electron chi connectivity index (χ4n) is 2.41. The minimum Gasteiger partial charge on any atom is -0.411 e. The molecule has 18 heavy (non-hydrogen) atoms. The molecular formula is C15H14N2O. The van der Waals surface area contributed by atoms with Gasteiger partial charge in [0, 0.05) is 24.2 Å². The molecule has 0 spiro atoms. The lowest BCUT2D eigenvalue weighted by molar-refractivity contribution is 0.318. The Morgan fingerprint density at radius 3 is 2.44 bits per heavy atom. The molecule has 2 aromatic rings. The number of hydrogen-bond acceptors (Lipinski definition) is 3. The van der Waals surface area contributed by atoms with Gasteiger partial charge >= 0.3 is 0 Å². The Balaban J connectivity index is 2.10. The molecule has 90 valence electrons. The molecular weight excluding hydrogens is 224 g/mol. The van der Waals surface area contributed by atoms with Gasteiger partial charge in [0.05, 0.1) is 11.4 Å². The van der Waals surface area contributed by atoms with Gasteiger partial charge in [0.25, 0.3) is 0 Å². The summed E-state index contributed by atoms with van der Waals surface area (Å²) in [6.07, 6.45) is 0.752. The predicted molar refractivity (Wildman–Crippen MR) is 72.8 cm³/mol. The van der Waals surface area contributed by atoms with E-state index >= 15 is 0 Å². The van der Waals surface area contributed by atoms with Gasteiger partial charge in [-0.25, -0.2) is 0 Å². The first-order chi connectivity index (χ1) is 8.90. The van der Waals surface area contributed by atoms with Crippen molar-refractivity contribution in [3.05, 3.63) is 60.2 Å². The number of rotatable bonds is 1. The van der Waals surface area contributed by atoms with Gasteiger partial charge in [-0.2, -0.15) is 0 Å². The van der Waals surface area contributed by atoms with Gasteiger partial charge < -0.3 is 10.1 Å². The molecule has 0 bridgehead atoms. The first kappa shape index (κ1) is 10.8. The topological polar surface area (TPSA) is 35.8 Å². The van der Waals surface area contributed by atoms with Crippen LogP contribution in [-0.4, -0.2) is 17.5 Å². The van der Waals surface area contributed by atoms with E-state index < -0.39 is 0 Å². The molecule has 0 fully saturated rings. The molecule has 0 amide bonds. The van der Waals surface area contributed by atoms with Gasteiger partial charge in [0.2, 0.25) is 0 Å². The summed E-state index contributed by atoms with van der Waals surface area (Å²) < 4.78 is 0. The van der Waals surface area contributed by atoms with E-state index in [1.165, 1.54) is 5.69 Å². The highest BCUT2D eigenvalue weighted by molar-refractivity contribution is 6.07. The average Bonchev–Trinajstić information content (AvgIpc) is 2.47. The summed E-state index contributed by atoms with van der Waals surface area (Å²) >= 11 is 0. The molecule has 1 aliphatic rings. The second kappa shape index (κ2) is 4.53. The van der Waals surface area contributed by atoms with Crippen LogP contribution in [0.3, 0.4) is 0 Å². The molecule has 0 atom stereocenters. The highest BCUT2D eigenvalue weighted by Gasteiger charge is 2.22. The summed E-state index contributed by atoms with van der Waals surface area (Å²) in [5.74, 6) is 0. The molecule has 0 saturated heterocycles. The van der Waals surface area contributed by atoms with E-state index in [1.54, 1.807) is 0 Å². The highest BCUT2D eigenvalue weighted by atomic mass is 16.4. The van der Waals surface area contributed by atoms with Gasteiger partial charge in [-0.3, -0.25) is 0 Å². The number of oxime groups is 1. The van der Waals surface area contributed by atoms with Crippen molar-refractivity contribution in [1.29, 1.82) is 0 Å². The molecule has 1 heterocycles. The van der Waals surface area contributed by atoms with Crippen LogP contribution in [0, 0.1) is 0 Å². The van der Waals surface area contributed by atoms with Crippen LogP contribution in [0.5, 0.6) is 0 Å². The highest BCUT2D eigenvalue weighted by Crippen LogP contribution is 2.33. The van der Waals surface area contributed by atoms with Gasteiger partial charge in [-0.1, -0.05) is 41.6 Å². The number of benzene rings is 2. The van der Waals surface area contributed by atoms with Crippen molar-refractivity contribution >= 4 is 17.1 Å². The number of hydrogen-bond donors (Lipinski definition) is 1. The Hall–Kier alpha value is -2.29. The van der Waals surface area contributed by atoms with Crippen LogP contribution >= 0.6 is 0 Å². The van der Waals surface area contributed by atoms with Crippen molar-refractivity contribution in [3.63, 3.8) is 0 Å². The lowest BCUT2D eigenvalue weighted by Crippen LogP contribution is -2.28. The van der Waals surface area contributed by atoms with Crippen LogP contribution in [0.25, 0.3) is 0 Å². The largest absolute Gasteiger partial charge is 0.411 e. The van der Waals surface area contributed by atoms with Gasteiger partial charge in [-0.05, 0) is 18.2 Å². The van der Waals surface area contributed by atoms with Crippen LogP contribution in [0.2, 0.25) is 0 Å². The zero-order valence-corrected chi connectivity index (χ0v) is 9.95. The normalized spacial score (nSPS) is 16.7. The Bertz CT molecular complexity index is 578. The Morgan fingerprint density at radius 2 is 1.67 bits per heavy atom. The van der Waals surface area contributed by atoms with Crippen LogP contribution in [0.1, 0.15) is 12.0 Å². The molecule has 0 saturated carbocycles. The molecule has 0 aromatic heterocycles. The molecule has 3 rings (SSSR count). The summed E-state index contributed by atoms with van der Waals surface area (Å²) in [7, 11) is 0. The van der Waals surface area contributed by atoms with Crippen molar-refractivity contribution in [1.82, 2.24) is 0 Å². The first-order valence-electron chi connectivity index (χ1n) is 6.03. The van der Waals surface area contributed by atoms with Gasteiger partial charge in [0.1, 0.15) is 0 Å². The Kier molecular flexibility index (Phi) is 2.73. The second-order valence-electron chi connectivity index (χ2n) is 4.30. The SMILES string of the molecule is ON=C1CCN(c2ccccc2)c2ccccc21. The summed E-state index contributed by atoms with van der Waals surface area (Å²) in [4.78, 5) is 2.25. The molecule has 3 heteroatoms. The van der Waals surface area contributed by atoms with Gasteiger partial charge in [-0.15, -0.1) is 0 Å². The zero-order valence-electron chi connectivity index (χ0n) is 9.95. The molecule has 1 N–H and O–H groups in total. The summed E-state index contributed by atoms with van der Waals surface area (Å²) in [6.45, 7) is 0.834. The number of fused-ring (bicyclic) bond motifs is 1. The lowest BCUT2D eigenvalue weighted by atomic mass is 9.99. The molecule has 0 aliphatic carbocycles. The second-order valence-corrected chi connectivity index (χ2v) is 4.30. The Labute approximate surface area is 106 Å². The zero-order chi connectivity index (χ0) is 12.4. The van der Waals surface area contributed by atoms with E-state index in [4.69, 9.17) is 5.21 Å². The third kappa shape index (κ3) is 1.74. The van der Waals surface area contributed by atoms with Crippen LogP contribution in [0.4, 0.5) is 11.4 Å². The first-order valence-corrected chi connectivity index (χ1v) is 6.03. The van der Waals surface area contributed by atoms with Crippen molar-refractivity contribution in [2.45, 2.75) is 6.42 Å². The van der Waals surface area contributed by atoms with Crippen molar-refractivity contribution < 1.29 is 5.21 Å². The van der Waals surface area contributed by atoms with Crippen LogP contribution in [-0.2, 0) is 0 Å². The minimum atomic E-state index is 0.752. The lowest BCUT2D eigenvalue weighted by Gasteiger charge is -2.31. The van der Waals surface area contributed by atoms with Crippen molar-refractivity contribution in [3.8, 4) is 0 Å². The number of anilines is 2.